The van der Waals surface area contributed by atoms with E-state index in [1.54, 1.807) is 6.33 Å². The molecule has 3 N–H and O–H groups in total. The molecule has 2 amide bonds. The van der Waals surface area contributed by atoms with Gasteiger partial charge in [-0.15, -0.1) is 0 Å². The van der Waals surface area contributed by atoms with Crippen molar-refractivity contribution in [2.45, 2.75) is 43.9 Å². The minimum Gasteiger partial charge on any atom is -0.345 e. The van der Waals surface area contributed by atoms with Crippen LogP contribution in [0.5, 0.6) is 0 Å². The number of carbonyl (C=O) groups is 1. The lowest BCUT2D eigenvalue weighted by molar-refractivity contribution is -0.00518. The van der Waals surface area contributed by atoms with Gasteiger partial charge in [0, 0.05) is 11.4 Å². The Bertz CT molecular complexity index is 1030. The number of urea groups is 1. The summed E-state index contributed by atoms with van der Waals surface area (Å²) < 4.78 is 0. The van der Waals surface area contributed by atoms with Crippen LogP contribution in [-0.2, 0) is 5.41 Å². The second kappa shape index (κ2) is 6.34. The monoisotopic (exact) mass is 386 g/mol. The van der Waals surface area contributed by atoms with Crippen molar-refractivity contribution in [2.75, 3.05) is 10.6 Å². The number of fused-ring (bicyclic) bond motifs is 1. The molecule has 2 aromatic carbocycles. The minimum atomic E-state index is -0.230. The Morgan fingerprint density at radius 2 is 1.52 bits per heavy atom. The largest absolute Gasteiger partial charge is 0.345 e. The van der Waals surface area contributed by atoms with Gasteiger partial charge in [-0.25, -0.2) is 9.78 Å². The Labute approximate surface area is 170 Å². The molecular formula is C24H26N4O. The van der Waals surface area contributed by atoms with E-state index in [1.165, 1.54) is 44.1 Å². The normalized spacial score (nSPS) is 29.9. The standard InChI is InChI=1S/C24H26N4O/c29-23(28-20-5-6-21-22(10-20)26-14-25-21)27-19-3-1-18(2-4-19)24-11-15-7-16(12-24)9-17(8-15)13-24/h1-6,10,14-17H,7-9,11-13H2,(H,25,26)(H2,27,28,29). The second-order valence-electron chi connectivity index (χ2n) is 9.49. The van der Waals surface area contributed by atoms with Gasteiger partial charge in [-0.2, -0.15) is 0 Å². The molecule has 1 aromatic heterocycles. The summed E-state index contributed by atoms with van der Waals surface area (Å²) in [5, 5.41) is 5.86. The lowest BCUT2D eigenvalue weighted by atomic mass is 9.48. The summed E-state index contributed by atoms with van der Waals surface area (Å²) in [7, 11) is 0. The molecule has 0 unspecified atom stereocenters. The zero-order valence-corrected chi connectivity index (χ0v) is 16.4. The van der Waals surface area contributed by atoms with Crippen LogP contribution in [0.2, 0.25) is 0 Å². The smallest absolute Gasteiger partial charge is 0.323 e. The van der Waals surface area contributed by atoms with Crippen molar-refractivity contribution >= 4 is 28.4 Å². The van der Waals surface area contributed by atoms with Crippen LogP contribution < -0.4 is 10.6 Å². The van der Waals surface area contributed by atoms with Gasteiger partial charge in [0.2, 0.25) is 0 Å². The molecule has 5 nitrogen and oxygen atoms in total. The molecule has 4 fully saturated rings. The van der Waals surface area contributed by atoms with Crippen LogP contribution in [0.15, 0.2) is 48.8 Å². The SMILES string of the molecule is O=C(Nc1ccc(C23CC4CC(CC(C4)C2)C3)cc1)Nc1ccc2nc[nH]c2c1. The fourth-order valence-electron chi connectivity index (χ4n) is 6.68. The van der Waals surface area contributed by atoms with E-state index >= 15 is 0 Å². The number of benzene rings is 2. The summed E-state index contributed by atoms with van der Waals surface area (Å²) >= 11 is 0. The molecule has 4 aliphatic rings. The Balaban J connectivity index is 1.15. The van der Waals surface area contributed by atoms with Gasteiger partial charge >= 0.3 is 6.03 Å². The number of anilines is 2. The van der Waals surface area contributed by atoms with E-state index < -0.39 is 0 Å². The summed E-state index contributed by atoms with van der Waals surface area (Å²) in [6.45, 7) is 0. The van der Waals surface area contributed by atoms with Crippen molar-refractivity contribution in [2.24, 2.45) is 17.8 Å². The first-order valence-electron chi connectivity index (χ1n) is 10.8. The highest BCUT2D eigenvalue weighted by Gasteiger charge is 2.51. The highest BCUT2D eigenvalue weighted by atomic mass is 16.2. The summed E-state index contributed by atoms with van der Waals surface area (Å²) in [4.78, 5) is 19.7. The molecule has 0 atom stereocenters. The average Bonchev–Trinajstić information content (AvgIpc) is 3.15. The van der Waals surface area contributed by atoms with E-state index in [-0.39, 0.29) is 6.03 Å². The molecule has 29 heavy (non-hydrogen) atoms. The van der Waals surface area contributed by atoms with Crippen molar-refractivity contribution in [1.29, 1.82) is 0 Å². The highest BCUT2D eigenvalue weighted by molar-refractivity contribution is 6.00. The molecule has 0 spiro atoms. The molecule has 0 aliphatic heterocycles. The maximum Gasteiger partial charge on any atom is 0.323 e. The molecule has 4 aliphatic carbocycles. The van der Waals surface area contributed by atoms with Crippen LogP contribution in [0.1, 0.15) is 44.1 Å². The van der Waals surface area contributed by atoms with Gasteiger partial charge < -0.3 is 15.6 Å². The van der Waals surface area contributed by atoms with Gasteiger partial charge in [-0.05, 0) is 97.6 Å². The zero-order valence-electron chi connectivity index (χ0n) is 16.4. The van der Waals surface area contributed by atoms with Gasteiger partial charge in [0.05, 0.1) is 17.4 Å². The highest BCUT2D eigenvalue weighted by Crippen LogP contribution is 2.60. The average molecular weight is 386 g/mol. The summed E-state index contributed by atoms with van der Waals surface area (Å²) in [5.41, 5.74) is 5.24. The van der Waals surface area contributed by atoms with E-state index in [4.69, 9.17) is 0 Å². The molecule has 0 saturated heterocycles. The first-order valence-corrected chi connectivity index (χ1v) is 10.8. The first-order chi connectivity index (χ1) is 14.1. The third kappa shape index (κ3) is 3.00. The van der Waals surface area contributed by atoms with Crippen molar-refractivity contribution in [3.05, 3.63) is 54.4 Å². The summed E-state index contributed by atoms with van der Waals surface area (Å²) in [5.74, 6) is 2.83. The lowest BCUT2D eigenvalue weighted by Gasteiger charge is -2.57. The molecule has 1 heterocycles. The third-order valence-corrected chi connectivity index (χ3v) is 7.47. The van der Waals surface area contributed by atoms with Crippen molar-refractivity contribution in [3.8, 4) is 0 Å². The number of H-pyrrole nitrogens is 1. The number of nitrogens with one attached hydrogen (secondary N) is 3. The van der Waals surface area contributed by atoms with Crippen LogP contribution in [-0.4, -0.2) is 16.0 Å². The van der Waals surface area contributed by atoms with Gasteiger partial charge in [-0.3, -0.25) is 0 Å². The quantitative estimate of drug-likeness (QED) is 0.542. The molecule has 4 bridgehead atoms. The van der Waals surface area contributed by atoms with E-state index in [0.29, 0.717) is 5.41 Å². The van der Waals surface area contributed by atoms with Gasteiger partial charge in [0.15, 0.2) is 0 Å². The van der Waals surface area contributed by atoms with E-state index in [0.717, 1.165) is 40.2 Å². The lowest BCUT2D eigenvalue weighted by Crippen LogP contribution is -2.48. The Hall–Kier alpha value is -2.82. The Morgan fingerprint density at radius 1 is 0.897 bits per heavy atom. The fourth-order valence-corrected chi connectivity index (χ4v) is 6.68. The number of amides is 2. The van der Waals surface area contributed by atoms with Crippen LogP contribution in [0.4, 0.5) is 16.2 Å². The molecule has 0 radical (unpaired) electrons. The van der Waals surface area contributed by atoms with Gasteiger partial charge in [0.25, 0.3) is 0 Å². The van der Waals surface area contributed by atoms with Crippen molar-refractivity contribution < 1.29 is 4.79 Å². The zero-order chi connectivity index (χ0) is 19.4. The molecule has 3 aromatic rings. The molecule has 4 saturated carbocycles. The van der Waals surface area contributed by atoms with E-state index in [1.807, 2.05) is 18.2 Å². The maximum absolute atomic E-state index is 12.4. The molecule has 5 heteroatoms. The number of aromatic nitrogens is 2. The van der Waals surface area contributed by atoms with Crippen LogP contribution in [0.3, 0.4) is 0 Å². The van der Waals surface area contributed by atoms with Crippen LogP contribution in [0.25, 0.3) is 11.0 Å². The number of hydrogen-bond acceptors (Lipinski definition) is 2. The number of nitrogens with zero attached hydrogens (tertiary/aromatic N) is 1. The molecule has 148 valence electrons. The van der Waals surface area contributed by atoms with Crippen LogP contribution >= 0.6 is 0 Å². The van der Waals surface area contributed by atoms with Crippen molar-refractivity contribution in [3.63, 3.8) is 0 Å². The fraction of sp³-hybridized carbons (Fsp3) is 0.417. The predicted octanol–water partition coefficient (Wildman–Crippen LogP) is 5.67. The minimum absolute atomic E-state index is 0.230. The topological polar surface area (TPSA) is 69.8 Å². The number of aromatic amines is 1. The molecule has 7 rings (SSSR count). The summed E-state index contributed by atoms with van der Waals surface area (Å²) in [6.07, 6.45) is 10.1. The first kappa shape index (κ1) is 17.1. The number of hydrogen-bond donors (Lipinski definition) is 3. The second-order valence-corrected chi connectivity index (χ2v) is 9.49. The number of rotatable bonds is 3. The van der Waals surface area contributed by atoms with Crippen molar-refractivity contribution in [1.82, 2.24) is 9.97 Å². The van der Waals surface area contributed by atoms with Gasteiger partial charge in [0.1, 0.15) is 0 Å². The summed E-state index contributed by atoms with van der Waals surface area (Å²) in [6, 6.07) is 14.0. The number of imidazole rings is 1. The third-order valence-electron chi connectivity index (χ3n) is 7.47. The predicted molar refractivity (Wildman–Crippen MR) is 115 cm³/mol. The number of carbonyl (C=O) groups excluding carboxylic acids is 1. The van der Waals surface area contributed by atoms with E-state index in [9.17, 15) is 4.79 Å². The van der Waals surface area contributed by atoms with E-state index in [2.05, 4.69) is 44.9 Å². The van der Waals surface area contributed by atoms with Crippen LogP contribution in [0, 0.1) is 17.8 Å². The Kier molecular flexibility index (Phi) is 3.73. The Morgan fingerprint density at radius 3 is 2.21 bits per heavy atom. The maximum atomic E-state index is 12.4. The molecular weight excluding hydrogens is 360 g/mol. The van der Waals surface area contributed by atoms with Gasteiger partial charge in [-0.1, -0.05) is 12.1 Å².